The van der Waals surface area contributed by atoms with E-state index in [0.29, 0.717) is 0 Å². The molecule has 12 heavy (non-hydrogen) atoms. The SMILES string of the molecule is Cc1ncccc1[C@@H](N)[C@H](C)O. The Hall–Kier alpha value is -0.930. The number of aliphatic hydroxyl groups excluding tert-OH is 1. The van der Waals surface area contributed by atoms with Crippen molar-refractivity contribution in [2.75, 3.05) is 0 Å². The summed E-state index contributed by atoms with van der Waals surface area (Å²) < 4.78 is 0. The number of aromatic nitrogens is 1. The van der Waals surface area contributed by atoms with Gasteiger partial charge in [0.15, 0.2) is 0 Å². The van der Waals surface area contributed by atoms with E-state index in [1.54, 1.807) is 13.1 Å². The van der Waals surface area contributed by atoms with E-state index >= 15 is 0 Å². The quantitative estimate of drug-likeness (QED) is 0.682. The summed E-state index contributed by atoms with van der Waals surface area (Å²) in [7, 11) is 0. The third-order valence-corrected chi connectivity index (χ3v) is 1.93. The Balaban J connectivity index is 2.94. The van der Waals surface area contributed by atoms with Crippen LogP contribution in [0.4, 0.5) is 0 Å². The Bertz CT molecular complexity index is 260. The van der Waals surface area contributed by atoms with Crippen molar-refractivity contribution in [2.45, 2.75) is 26.0 Å². The maximum absolute atomic E-state index is 9.25. The van der Waals surface area contributed by atoms with Crippen LogP contribution in [0.5, 0.6) is 0 Å². The topological polar surface area (TPSA) is 59.1 Å². The highest BCUT2D eigenvalue weighted by Crippen LogP contribution is 2.15. The van der Waals surface area contributed by atoms with Gasteiger partial charge >= 0.3 is 0 Å². The van der Waals surface area contributed by atoms with Gasteiger partial charge in [-0.2, -0.15) is 0 Å². The van der Waals surface area contributed by atoms with Gasteiger partial charge in [-0.05, 0) is 25.5 Å². The molecule has 0 aliphatic heterocycles. The molecule has 1 rings (SSSR count). The molecule has 0 saturated carbocycles. The van der Waals surface area contributed by atoms with E-state index in [1.807, 2.05) is 19.1 Å². The van der Waals surface area contributed by atoms with Gasteiger partial charge in [-0.3, -0.25) is 4.98 Å². The first-order chi connectivity index (χ1) is 5.63. The lowest BCUT2D eigenvalue weighted by molar-refractivity contribution is 0.164. The first-order valence-corrected chi connectivity index (χ1v) is 3.98. The molecule has 0 aliphatic rings. The second-order valence-electron chi connectivity index (χ2n) is 2.94. The van der Waals surface area contributed by atoms with Crippen LogP contribution in [0.2, 0.25) is 0 Å². The van der Waals surface area contributed by atoms with Crippen molar-refractivity contribution in [2.24, 2.45) is 5.73 Å². The molecule has 0 fully saturated rings. The van der Waals surface area contributed by atoms with Crippen LogP contribution < -0.4 is 5.73 Å². The highest BCUT2D eigenvalue weighted by Gasteiger charge is 2.13. The number of hydrogen-bond acceptors (Lipinski definition) is 3. The predicted molar refractivity (Wildman–Crippen MR) is 47.6 cm³/mol. The molecule has 3 nitrogen and oxygen atoms in total. The Morgan fingerprint density at radius 1 is 1.58 bits per heavy atom. The van der Waals surface area contributed by atoms with Gasteiger partial charge in [0, 0.05) is 11.9 Å². The van der Waals surface area contributed by atoms with Crippen LogP contribution >= 0.6 is 0 Å². The first kappa shape index (κ1) is 9.16. The molecule has 0 amide bonds. The number of aliphatic hydroxyl groups is 1. The van der Waals surface area contributed by atoms with Gasteiger partial charge in [0.05, 0.1) is 12.1 Å². The van der Waals surface area contributed by atoms with E-state index < -0.39 is 6.10 Å². The van der Waals surface area contributed by atoms with E-state index in [2.05, 4.69) is 4.98 Å². The fourth-order valence-electron chi connectivity index (χ4n) is 1.11. The summed E-state index contributed by atoms with van der Waals surface area (Å²) in [6.45, 7) is 3.56. The number of nitrogens with zero attached hydrogens (tertiary/aromatic N) is 1. The van der Waals surface area contributed by atoms with E-state index in [-0.39, 0.29) is 6.04 Å². The monoisotopic (exact) mass is 166 g/mol. The molecule has 1 aromatic heterocycles. The van der Waals surface area contributed by atoms with Crippen LogP contribution in [-0.4, -0.2) is 16.2 Å². The van der Waals surface area contributed by atoms with Crippen molar-refractivity contribution in [3.05, 3.63) is 29.6 Å². The zero-order valence-corrected chi connectivity index (χ0v) is 7.36. The number of pyridine rings is 1. The minimum Gasteiger partial charge on any atom is -0.391 e. The molecule has 0 aromatic carbocycles. The van der Waals surface area contributed by atoms with E-state index in [9.17, 15) is 5.11 Å². The molecular weight excluding hydrogens is 152 g/mol. The standard InChI is InChI=1S/C9H14N2O/c1-6-8(4-3-5-11-6)9(10)7(2)12/h3-5,7,9,12H,10H2,1-2H3/t7-,9-/m0/s1. The molecule has 2 atom stereocenters. The van der Waals surface area contributed by atoms with Crippen LogP contribution in [0.15, 0.2) is 18.3 Å². The lowest BCUT2D eigenvalue weighted by Gasteiger charge is -2.16. The third-order valence-electron chi connectivity index (χ3n) is 1.93. The van der Waals surface area contributed by atoms with E-state index in [1.165, 1.54) is 0 Å². The average Bonchev–Trinajstić information content (AvgIpc) is 2.04. The second-order valence-corrected chi connectivity index (χ2v) is 2.94. The van der Waals surface area contributed by atoms with Crippen molar-refractivity contribution >= 4 is 0 Å². The maximum Gasteiger partial charge on any atom is 0.0705 e. The third kappa shape index (κ3) is 1.81. The summed E-state index contributed by atoms with van der Waals surface area (Å²) in [5, 5.41) is 9.25. The number of hydrogen-bond donors (Lipinski definition) is 2. The van der Waals surface area contributed by atoms with Crippen molar-refractivity contribution in [1.82, 2.24) is 4.98 Å². The summed E-state index contributed by atoms with van der Waals surface area (Å²) in [6.07, 6.45) is 1.18. The minimum absolute atomic E-state index is 0.335. The predicted octanol–water partition coefficient (Wildman–Crippen LogP) is 0.771. The lowest BCUT2D eigenvalue weighted by Crippen LogP contribution is -2.24. The second kappa shape index (κ2) is 3.65. The zero-order valence-electron chi connectivity index (χ0n) is 7.36. The van der Waals surface area contributed by atoms with Gasteiger partial charge in [-0.1, -0.05) is 6.07 Å². The molecule has 1 aromatic rings. The normalized spacial score (nSPS) is 15.7. The highest BCUT2D eigenvalue weighted by molar-refractivity contribution is 5.22. The molecule has 0 unspecified atom stereocenters. The smallest absolute Gasteiger partial charge is 0.0705 e. The Morgan fingerprint density at radius 2 is 2.25 bits per heavy atom. The minimum atomic E-state index is -0.534. The van der Waals surface area contributed by atoms with Crippen molar-refractivity contribution < 1.29 is 5.11 Å². The summed E-state index contributed by atoms with van der Waals surface area (Å²) >= 11 is 0. The van der Waals surface area contributed by atoms with E-state index in [0.717, 1.165) is 11.3 Å². The molecule has 0 spiro atoms. The summed E-state index contributed by atoms with van der Waals surface area (Å²) in [5.74, 6) is 0. The summed E-state index contributed by atoms with van der Waals surface area (Å²) in [5.41, 5.74) is 7.54. The number of rotatable bonds is 2. The molecule has 0 saturated heterocycles. The van der Waals surface area contributed by atoms with Gasteiger partial charge in [-0.25, -0.2) is 0 Å². The molecule has 0 aliphatic carbocycles. The van der Waals surface area contributed by atoms with Gasteiger partial charge in [0.1, 0.15) is 0 Å². The molecule has 3 heteroatoms. The lowest BCUT2D eigenvalue weighted by atomic mass is 10.0. The van der Waals surface area contributed by atoms with Crippen LogP contribution in [0.3, 0.4) is 0 Å². The largest absolute Gasteiger partial charge is 0.391 e. The fraction of sp³-hybridized carbons (Fsp3) is 0.444. The highest BCUT2D eigenvalue weighted by atomic mass is 16.3. The molecule has 0 bridgehead atoms. The first-order valence-electron chi connectivity index (χ1n) is 3.98. The summed E-state index contributed by atoms with van der Waals surface area (Å²) in [4.78, 5) is 4.09. The number of aryl methyl sites for hydroxylation is 1. The van der Waals surface area contributed by atoms with Gasteiger partial charge in [0.25, 0.3) is 0 Å². The molecular formula is C9H14N2O. The molecule has 1 heterocycles. The van der Waals surface area contributed by atoms with Gasteiger partial charge in [-0.15, -0.1) is 0 Å². The van der Waals surface area contributed by atoms with E-state index in [4.69, 9.17) is 5.73 Å². The maximum atomic E-state index is 9.25. The van der Waals surface area contributed by atoms with Crippen LogP contribution in [0.25, 0.3) is 0 Å². The average molecular weight is 166 g/mol. The van der Waals surface area contributed by atoms with Crippen molar-refractivity contribution in [3.8, 4) is 0 Å². The van der Waals surface area contributed by atoms with Crippen LogP contribution in [0.1, 0.15) is 24.2 Å². The van der Waals surface area contributed by atoms with Crippen molar-refractivity contribution in [1.29, 1.82) is 0 Å². The van der Waals surface area contributed by atoms with Gasteiger partial charge < -0.3 is 10.8 Å². The number of nitrogens with two attached hydrogens (primary N) is 1. The Labute approximate surface area is 72.2 Å². The summed E-state index contributed by atoms with van der Waals surface area (Å²) in [6, 6.07) is 3.38. The molecule has 3 N–H and O–H groups in total. The fourth-order valence-corrected chi connectivity index (χ4v) is 1.11. The Morgan fingerprint density at radius 3 is 2.75 bits per heavy atom. The van der Waals surface area contributed by atoms with Crippen LogP contribution in [0, 0.1) is 6.92 Å². The van der Waals surface area contributed by atoms with Crippen molar-refractivity contribution in [3.63, 3.8) is 0 Å². The van der Waals surface area contributed by atoms with Gasteiger partial charge in [0.2, 0.25) is 0 Å². The Kier molecular flexibility index (Phi) is 2.78. The van der Waals surface area contributed by atoms with Crippen LogP contribution in [-0.2, 0) is 0 Å². The molecule has 0 radical (unpaired) electrons. The molecule has 66 valence electrons. The zero-order chi connectivity index (χ0) is 9.14.